The van der Waals surface area contributed by atoms with Crippen molar-refractivity contribution in [2.45, 2.75) is 6.42 Å². The minimum absolute atomic E-state index is 0.231. The number of nitrogen functional groups attached to an aromatic ring is 1. The number of β-amino-alcohol motifs (C(OH)–C–C–N with tert-alkyl or cyclic N) is 1. The van der Waals surface area contributed by atoms with Crippen molar-refractivity contribution in [1.29, 1.82) is 0 Å². The van der Waals surface area contributed by atoms with Gasteiger partial charge in [0, 0.05) is 43.4 Å². The van der Waals surface area contributed by atoms with Crippen molar-refractivity contribution >= 4 is 22.3 Å². The molecule has 1 aliphatic rings. The van der Waals surface area contributed by atoms with Gasteiger partial charge < -0.3 is 15.7 Å². The molecule has 0 saturated carbocycles. The van der Waals surface area contributed by atoms with Gasteiger partial charge in [0.1, 0.15) is 0 Å². The largest absolute Gasteiger partial charge is 0.397 e. The lowest BCUT2D eigenvalue weighted by molar-refractivity contribution is 0.204. The number of anilines is 2. The van der Waals surface area contributed by atoms with Crippen molar-refractivity contribution in [3.05, 3.63) is 30.5 Å². The quantitative estimate of drug-likeness (QED) is 0.833. The number of hydrogen-bond donors (Lipinski definition) is 2. The predicted octanol–water partition coefficient (Wildman–Crippen LogP) is 1.32. The third-order valence-corrected chi connectivity index (χ3v) is 4.12. The van der Waals surface area contributed by atoms with E-state index >= 15 is 0 Å². The van der Waals surface area contributed by atoms with Crippen LogP contribution in [0.1, 0.15) is 6.42 Å². The highest BCUT2D eigenvalue weighted by molar-refractivity contribution is 5.98. The topological polar surface area (TPSA) is 65.6 Å². The maximum absolute atomic E-state index is 9.09. The molecule has 1 fully saturated rings. The molecule has 1 aliphatic heterocycles. The molecule has 0 amide bonds. The molecule has 2 aromatic rings. The van der Waals surface area contributed by atoms with E-state index in [1.807, 2.05) is 18.3 Å². The summed E-state index contributed by atoms with van der Waals surface area (Å²) in [5, 5.41) is 10.2. The van der Waals surface area contributed by atoms with Gasteiger partial charge in [0.15, 0.2) is 0 Å². The van der Waals surface area contributed by atoms with E-state index in [1.54, 1.807) is 0 Å². The van der Waals surface area contributed by atoms with Crippen LogP contribution in [0.4, 0.5) is 11.4 Å². The average Bonchev–Trinajstić information content (AvgIpc) is 2.73. The highest BCUT2D eigenvalue weighted by Crippen LogP contribution is 2.29. The summed E-state index contributed by atoms with van der Waals surface area (Å²) in [4.78, 5) is 9.13. The van der Waals surface area contributed by atoms with Crippen LogP contribution < -0.4 is 10.6 Å². The van der Waals surface area contributed by atoms with Gasteiger partial charge in [-0.2, -0.15) is 0 Å². The zero-order valence-corrected chi connectivity index (χ0v) is 12.2. The molecule has 3 rings (SSSR count). The van der Waals surface area contributed by atoms with Gasteiger partial charge in [-0.05, 0) is 25.1 Å². The van der Waals surface area contributed by atoms with Gasteiger partial charge in [0.05, 0.1) is 17.8 Å². The Morgan fingerprint density at radius 3 is 2.90 bits per heavy atom. The molecule has 0 unspecified atom stereocenters. The van der Waals surface area contributed by atoms with Crippen LogP contribution in [0, 0.1) is 0 Å². The smallest absolute Gasteiger partial charge is 0.0951 e. The first-order valence-electron chi connectivity index (χ1n) is 7.51. The summed E-state index contributed by atoms with van der Waals surface area (Å²) in [6.07, 6.45) is 2.94. The van der Waals surface area contributed by atoms with Gasteiger partial charge in [-0.1, -0.05) is 12.1 Å². The lowest BCUT2D eigenvalue weighted by atomic mass is 10.1. The summed E-state index contributed by atoms with van der Waals surface area (Å²) in [6, 6.07) is 8.04. The molecular weight excluding hydrogens is 264 g/mol. The first kappa shape index (κ1) is 14.1. The number of hydrogen-bond acceptors (Lipinski definition) is 5. The van der Waals surface area contributed by atoms with Crippen LogP contribution in [0.3, 0.4) is 0 Å². The Labute approximate surface area is 125 Å². The summed E-state index contributed by atoms with van der Waals surface area (Å²) in [5.41, 5.74) is 8.85. The van der Waals surface area contributed by atoms with E-state index in [-0.39, 0.29) is 6.61 Å². The monoisotopic (exact) mass is 286 g/mol. The molecular formula is C16H22N4O. The molecule has 112 valence electrons. The number of aromatic nitrogens is 1. The maximum Gasteiger partial charge on any atom is 0.0951 e. The third-order valence-electron chi connectivity index (χ3n) is 4.12. The summed E-state index contributed by atoms with van der Waals surface area (Å²) < 4.78 is 0. The van der Waals surface area contributed by atoms with E-state index in [0.29, 0.717) is 0 Å². The molecule has 0 bridgehead atoms. The summed E-state index contributed by atoms with van der Waals surface area (Å²) >= 11 is 0. The van der Waals surface area contributed by atoms with Crippen LogP contribution in [0.25, 0.3) is 10.9 Å². The molecule has 5 heteroatoms. The van der Waals surface area contributed by atoms with Gasteiger partial charge in [-0.25, -0.2) is 0 Å². The van der Waals surface area contributed by atoms with Gasteiger partial charge >= 0.3 is 0 Å². The van der Waals surface area contributed by atoms with Crippen molar-refractivity contribution < 1.29 is 5.11 Å². The molecule has 0 radical (unpaired) electrons. The molecule has 21 heavy (non-hydrogen) atoms. The summed E-state index contributed by atoms with van der Waals surface area (Å²) in [7, 11) is 0. The Kier molecular flexibility index (Phi) is 4.22. The number of rotatable bonds is 3. The molecule has 2 heterocycles. The van der Waals surface area contributed by atoms with Crippen LogP contribution in [0.15, 0.2) is 30.5 Å². The number of pyridine rings is 1. The Morgan fingerprint density at radius 1 is 1.14 bits per heavy atom. The molecule has 3 N–H and O–H groups in total. The Morgan fingerprint density at radius 2 is 2.05 bits per heavy atom. The van der Waals surface area contributed by atoms with Crippen LogP contribution in [0.2, 0.25) is 0 Å². The van der Waals surface area contributed by atoms with Gasteiger partial charge in [0.25, 0.3) is 0 Å². The van der Waals surface area contributed by atoms with Crippen molar-refractivity contribution in [2.24, 2.45) is 0 Å². The highest BCUT2D eigenvalue weighted by atomic mass is 16.3. The van der Waals surface area contributed by atoms with Crippen molar-refractivity contribution in [1.82, 2.24) is 9.88 Å². The van der Waals surface area contributed by atoms with Gasteiger partial charge in [-0.15, -0.1) is 0 Å². The Balaban J connectivity index is 1.88. The second-order valence-corrected chi connectivity index (χ2v) is 5.48. The summed E-state index contributed by atoms with van der Waals surface area (Å²) in [5.74, 6) is 0. The molecule has 0 aliphatic carbocycles. The number of aliphatic hydroxyl groups excluding tert-OH is 1. The number of nitrogens with zero attached hydrogens (tertiary/aromatic N) is 3. The number of aliphatic hydroxyl groups is 1. The zero-order chi connectivity index (χ0) is 14.7. The molecule has 1 saturated heterocycles. The molecule has 1 aromatic heterocycles. The number of fused-ring (bicyclic) bond motifs is 1. The first-order chi connectivity index (χ1) is 10.3. The van der Waals surface area contributed by atoms with Crippen LogP contribution in [-0.2, 0) is 0 Å². The van der Waals surface area contributed by atoms with Gasteiger partial charge in [-0.3, -0.25) is 9.88 Å². The first-order valence-corrected chi connectivity index (χ1v) is 7.51. The van der Waals surface area contributed by atoms with E-state index in [9.17, 15) is 0 Å². The van der Waals surface area contributed by atoms with E-state index in [2.05, 4.69) is 26.9 Å². The lowest BCUT2D eigenvalue weighted by Crippen LogP contribution is -2.32. The van der Waals surface area contributed by atoms with E-state index < -0.39 is 0 Å². The van der Waals surface area contributed by atoms with Crippen LogP contribution in [0.5, 0.6) is 0 Å². The second kappa shape index (κ2) is 6.28. The van der Waals surface area contributed by atoms with Crippen LogP contribution >= 0.6 is 0 Å². The maximum atomic E-state index is 9.09. The fourth-order valence-electron chi connectivity index (χ4n) is 3.04. The van der Waals surface area contributed by atoms with Gasteiger partial charge in [0.2, 0.25) is 0 Å². The molecule has 5 nitrogen and oxygen atoms in total. The highest BCUT2D eigenvalue weighted by Gasteiger charge is 2.17. The Bertz CT molecular complexity index is 616. The molecule has 0 spiro atoms. The molecule has 1 aromatic carbocycles. The number of nitrogens with two attached hydrogens (primary N) is 1. The fraction of sp³-hybridized carbons (Fsp3) is 0.438. The zero-order valence-electron chi connectivity index (χ0n) is 12.2. The minimum Gasteiger partial charge on any atom is -0.397 e. The normalized spacial score (nSPS) is 17.1. The standard InChI is InChI=1S/C16H22N4O/c17-14-4-1-3-13-15(5-6-18-16(13)14)20-8-2-7-19(9-10-20)11-12-21/h1,3-6,21H,2,7-12,17H2. The average molecular weight is 286 g/mol. The fourth-order valence-corrected chi connectivity index (χ4v) is 3.04. The lowest BCUT2D eigenvalue weighted by Gasteiger charge is -2.24. The van der Waals surface area contributed by atoms with Crippen molar-refractivity contribution in [2.75, 3.05) is 50.0 Å². The third kappa shape index (κ3) is 2.94. The van der Waals surface area contributed by atoms with E-state index in [0.717, 1.165) is 55.7 Å². The number of benzene rings is 1. The second-order valence-electron chi connectivity index (χ2n) is 5.48. The number of para-hydroxylation sites is 1. The van der Waals surface area contributed by atoms with E-state index in [4.69, 9.17) is 10.8 Å². The SMILES string of the molecule is Nc1cccc2c(N3CCCN(CCO)CC3)ccnc12. The van der Waals surface area contributed by atoms with Crippen LogP contribution in [-0.4, -0.2) is 54.3 Å². The summed E-state index contributed by atoms with van der Waals surface area (Å²) in [6.45, 7) is 5.01. The Hall–Kier alpha value is -1.85. The minimum atomic E-state index is 0.231. The van der Waals surface area contributed by atoms with Crippen molar-refractivity contribution in [3.63, 3.8) is 0 Å². The predicted molar refractivity (Wildman–Crippen MR) is 86.5 cm³/mol. The van der Waals surface area contributed by atoms with Crippen molar-refractivity contribution in [3.8, 4) is 0 Å². The molecule has 0 atom stereocenters. The van der Waals surface area contributed by atoms with E-state index in [1.165, 1.54) is 5.69 Å².